The van der Waals surface area contributed by atoms with Crippen molar-refractivity contribution in [3.05, 3.63) is 0 Å². The van der Waals surface area contributed by atoms with Crippen LogP contribution in [0.3, 0.4) is 0 Å². The maximum atomic E-state index is 10.9. The van der Waals surface area contributed by atoms with Crippen LogP contribution in [0.15, 0.2) is 0 Å². The second-order valence-electron chi connectivity index (χ2n) is 2.38. The number of β-lactam (4-membered cyclic amide) rings is 1. The highest BCUT2D eigenvalue weighted by molar-refractivity contribution is 7.96. The van der Waals surface area contributed by atoms with Gasteiger partial charge in [0.2, 0.25) is 5.91 Å². The van der Waals surface area contributed by atoms with E-state index in [1.807, 2.05) is 17.5 Å². The fraction of sp³-hybridized carbons (Fsp3) is 0.833. The van der Waals surface area contributed by atoms with E-state index in [0.717, 1.165) is 0 Å². The molecule has 0 aromatic rings. The van der Waals surface area contributed by atoms with Crippen molar-refractivity contribution in [3.63, 3.8) is 0 Å². The maximum absolute atomic E-state index is 10.9. The standard InChI is InChI=1S/C6H11NOS/c1-4-5(2)7(9-3)6(4)8/h4-5H,1-3H3. The van der Waals surface area contributed by atoms with Gasteiger partial charge in [-0.15, -0.1) is 0 Å². The third-order valence-electron chi connectivity index (χ3n) is 1.90. The van der Waals surface area contributed by atoms with Gasteiger partial charge in [0.05, 0.1) is 12.0 Å². The lowest BCUT2D eigenvalue weighted by atomic mass is 9.95. The highest BCUT2D eigenvalue weighted by atomic mass is 32.2. The molecule has 1 aliphatic rings. The Balaban J connectivity index is 2.51. The molecule has 0 saturated carbocycles. The molecule has 9 heavy (non-hydrogen) atoms. The van der Waals surface area contributed by atoms with Crippen molar-refractivity contribution in [1.82, 2.24) is 4.31 Å². The van der Waals surface area contributed by atoms with E-state index in [1.165, 1.54) is 11.9 Å². The minimum absolute atomic E-state index is 0.248. The van der Waals surface area contributed by atoms with E-state index >= 15 is 0 Å². The maximum Gasteiger partial charge on any atom is 0.237 e. The van der Waals surface area contributed by atoms with Gasteiger partial charge in [-0.1, -0.05) is 18.9 Å². The molecule has 1 fully saturated rings. The van der Waals surface area contributed by atoms with Crippen LogP contribution in [0, 0.1) is 5.92 Å². The molecule has 1 rings (SSSR count). The summed E-state index contributed by atoms with van der Waals surface area (Å²) >= 11 is 1.52. The Morgan fingerprint density at radius 1 is 1.56 bits per heavy atom. The fourth-order valence-corrected chi connectivity index (χ4v) is 1.85. The molecule has 0 radical (unpaired) electrons. The molecule has 0 N–H and O–H groups in total. The summed E-state index contributed by atoms with van der Waals surface area (Å²) in [6.07, 6.45) is 1.93. The monoisotopic (exact) mass is 145 g/mol. The predicted molar refractivity (Wildman–Crippen MR) is 39.0 cm³/mol. The molecule has 1 amide bonds. The Labute approximate surface area is 59.7 Å². The highest BCUT2D eigenvalue weighted by Crippen LogP contribution is 2.30. The van der Waals surface area contributed by atoms with Gasteiger partial charge < -0.3 is 0 Å². The van der Waals surface area contributed by atoms with Crippen molar-refractivity contribution < 1.29 is 4.79 Å². The molecule has 1 heterocycles. The zero-order valence-corrected chi connectivity index (χ0v) is 6.73. The van der Waals surface area contributed by atoms with Crippen LogP contribution >= 0.6 is 11.9 Å². The molecule has 0 aromatic heterocycles. The molecular formula is C6H11NOS. The average molecular weight is 145 g/mol. The Morgan fingerprint density at radius 2 is 2.11 bits per heavy atom. The molecule has 1 aliphatic heterocycles. The largest absolute Gasteiger partial charge is 0.283 e. The summed E-state index contributed by atoms with van der Waals surface area (Å²) in [6.45, 7) is 4.04. The van der Waals surface area contributed by atoms with Crippen LogP contribution in [-0.2, 0) is 4.79 Å². The summed E-state index contributed by atoms with van der Waals surface area (Å²) in [7, 11) is 0. The summed E-state index contributed by atoms with van der Waals surface area (Å²) in [5.74, 6) is 0.521. The van der Waals surface area contributed by atoms with Crippen LogP contribution in [-0.4, -0.2) is 22.5 Å². The molecule has 0 aliphatic carbocycles. The van der Waals surface area contributed by atoms with E-state index in [4.69, 9.17) is 0 Å². The lowest BCUT2D eigenvalue weighted by Crippen LogP contribution is -2.54. The first-order valence-corrected chi connectivity index (χ1v) is 4.24. The number of hydrogen-bond donors (Lipinski definition) is 0. The third kappa shape index (κ3) is 0.834. The fourth-order valence-electron chi connectivity index (χ4n) is 0.985. The molecule has 0 aromatic carbocycles. The zero-order chi connectivity index (χ0) is 7.02. The smallest absolute Gasteiger partial charge is 0.237 e. The minimum atomic E-state index is 0.248. The normalized spacial score (nSPS) is 34.6. The summed E-state index contributed by atoms with van der Waals surface area (Å²) in [4.78, 5) is 10.9. The number of hydrogen-bond acceptors (Lipinski definition) is 2. The van der Waals surface area contributed by atoms with Crippen LogP contribution in [0.5, 0.6) is 0 Å². The van der Waals surface area contributed by atoms with Crippen LogP contribution in [0.1, 0.15) is 13.8 Å². The second-order valence-corrected chi connectivity index (χ2v) is 3.13. The third-order valence-corrected chi connectivity index (χ3v) is 2.80. The van der Waals surface area contributed by atoms with E-state index in [1.54, 1.807) is 0 Å². The number of carbonyl (C=O) groups excluding carboxylic acids is 1. The topological polar surface area (TPSA) is 20.3 Å². The lowest BCUT2D eigenvalue weighted by Gasteiger charge is -2.41. The number of amides is 1. The van der Waals surface area contributed by atoms with Crippen molar-refractivity contribution in [2.24, 2.45) is 5.92 Å². The Hall–Kier alpha value is -0.180. The zero-order valence-electron chi connectivity index (χ0n) is 5.92. The molecule has 2 unspecified atom stereocenters. The molecule has 0 spiro atoms. The van der Waals surface area contributed by atoms with Gasteiger partial charge >= 0.3 is 0 Å². The summed E-state index contributed by atoms with van der Waals surface area (Å²) in [5, 5.41) is 0. The van der Waals surface area contributed by atoms with Crippen molar-refractivity contribution >= 4 is 17.9 Å². The Morgan fingerprint density at radius 3 is 2.33 bits per heavy atom. The molecule has 2 nitrogen and oxygen atoms in total. The summed E-state index contributed by atoms with van der Waals surface area (Å²) in [6, 6.07) is 0.438. The van der Waals surface area contributed by atoms with E-state index < -0.39 is 0 Å². The number of rotatable bonds is 1. The van der Waals surface area contributed by atoms with E-state index in [0.29, 0.717) is 6.04 Å². The Bertz CT molecular complexity index is 137. The van der Waals surface area contributed by atoms with Crippen molar-refractivity contribution in [3.8, 4) is 0 Å². The van der Waals surface area contributed by atoms with Gasteiger partial charge in [0, 0.05) is 6.26 Å². The minimum Gasteiger partial charge on any atom is -0.283 e. The summed E-state index contributed by atoms with van der Waals surface area (Å²) in [5.41, 5.74) is 0. The van der Waals surface area contributed by atoms with Crippen molar-refractivity contribution in [2.75, 3.05) is 6.26 Å². The van der Waals surface area contributed by atoms with Gasteiger partial charge in [-0.25, -0.2) is 0 Å². The van der Waals surface area contributed by atoms with Gasteiger partial charge in [0.15, 0.2) is 0 Å². The van der Waals surface area contributed by atoms with Gasteiger partial charge in [-0.2, -0.15) is 0 Å². The van der Waals surface area contributed by atoms with Crippen molar-refractivity contribution in [1.29, 1.82) is 0 Å². The average Bonchev–Trinajstić information content (AvgIpc) is 1.89. The van der Waals surface area contributed by atoms with Gasteiger partial charge in [0.25, 0.3) is 0 Å². The first-order valence-electron chi connectivity index (χ1n) is 3.05. The predicted octanol–water partition coefficient (Wildman–Crippen LogP) is 1.13. The quantitative estimate of drug-likeness (QED) is 0.407. The second kappa shape index (κ2) is 2.21. The molecule has 52 valence electrons. The number of carbonyl (C=O) groups is 1. The molecule has 2 atom stereocenters. The molecular weight excluding hydrogens is 134 g/mol. The van der Waals surface area contributed by atoms with Crippen molar-refractivity contribution in [2.45, 2.75) is 19.9 Å². The van der Waals surface area contributed by atoms with Crippen LogP contribution in [0.4, 0.5) is 0 Å². The Kier molecular flexibility index (Phi) is 1.70. The number of nitrogens with zero attached hydrogens (tertiary/aromatic N) is 1. The molecule has 1 saturated heterocycles. The van der Waals surface area contributed by atoms with Crippen LogP contribution < -0.4 is 0 Å². The van der Waals surface area contributed by atoms with Gasteiger partial charge in [0.1, 0.15) is 0 Å². The van der Waals surface area contributed by atoms with Crippen LogP contribution in [0.2, 0.25) is 0 Å². The van der Waals surface area contributed by atoms with Gasteiger partial charge in [-0.3, -0.25) is 9.10 Å². The summed E-state index contributed by atoms with van der Waals surface area (Å²) < 4.78 is 1.81. The van der Waals surface area contributed by atoms with Crippen LogP contribution in [0.25, 0.3) is 0 Å². The highest BCUT2D eigenvalue weighted by Gasteiger charge is 2.40. The van der Waals surface area contributed by atoms with Gasteiger partial charge in [-0.05, 0) is 6.92 Å². The van der Waals surface area contributed by atoms with E-state index in [-0.39, 0.29) is 11.8 Å². The first-order chi connectivity index (χ1) is 4.18. The molecule has 3 heteroatoms. The van der Waals surface area contributed by atoms with E-state index in [9.17, 15) is 4.79 Å². The first kappa shape index (κ1) is 6.93. The van der Waals surface area contributed by atoms with E-state index in [2.05, 4.69) is 6.92 Å². The SMILES string of the molecule is CSN1C(=O)C(C)C1C. The molecule has 0 bridgehead atoms. The lowest BCUT2D eigenvalue weighted by molar-refractivity contribution is -0.143.